The van der Waals surface area contributed by atoms with Crippen LogP contribution in [0, 0.1) is 0 Å². The molecule has 5 rings (SSSR count). The molecule has 29 heavy (non-hydrogen) atoms. The Bertz CT molecular complexity index is 1070. The van der Waals surface area contributed by atoms with Crippen LogP contribution in [0.15, 0.2) is 97.2 Å². The van der Waals surface area contributed by atoms with E-state index in [1.165, 1.54) is 45.8 Å². The van der Waals surface area contributed by atoms with Crippen molar-refractivity contribution in [3.63, 3.8) is 0 Å². The number of aryl methyl sites for hydroxylation is 1. The van der Waals surface area contributed by atoms with Gasteiger partial charge in [0.15, 0.2) is 0 Å². The van der Waals surface area contributed by atoms with Crippen LogP contribution >= 0.6 is 0 Å². The number of halogens is 2. The molecular weight excluding hydrogens is 444 g/mol. The van der Waals surface area contributed by atoms with Crippen LogP contribution in [0.2, 0.25) is 0 Å². The van der Waals surface area contributed by atoms with Crippen LogP contribution in [0.5, 0.6) is 0 Å². The Morgan fingerprint density at radius 1 is 0.828 bits per heavy atom. The first-order valence-electron chi connectivity index (χ1n) is 9.27. The number of hydrogen-bond donors (Lipinski definition) is 0. The van der Waals surface area contributed by atoms with E-state index in [2.05, 4.69) is 109 Å². The van der Waals surface area contributed by atoms with Gasteiger partial charge >= 0.3 is 26.2 Å². The predicted octanol–water partition coefficient (Wildman–Crippen LogP) is 0.866. The second-order valence-electron chi connectivity index (χ2n) is 6.63. The standard InChI is InChI=1S/C17H12N.C8H11.2FH.Zr/c1-2-7-15-12-16(11-14(15)6-1)18-10-9-13-5-3-4-8-17(13)18;1-2-5-8-6-3-4-7-8;;;/h1-12H;3-4,6-7H,2,5H2,1H3;2*1H;/q2*-1;;;+4/p-2. The Kier molecular flexibility index (Phi) is 9.91. The Morgan fingerprint density at radius 2 is 1.48 bits per heavy atom. The summed E-state index contributed by atoms with van der Waals surface area (Å²) in [6.07, 6.45) is 4.62. The summed E-state index contributed by atoms with van der Waals surface area (Å²) in [5.74, 6) is 0. The van der Waals surface area contributed by atoms with Gasteiger partial charge in [0, 0.05) is 6.20 Å². The van der Waals surface area contributed by atoms with Crippen molar-refractivity contribution in [3.05, 3.63) is 103 Å². The minimum atomic E-state index is 0. The number of rotatable bonds is 3. The molecule has 0 aliphatic carbocycles. The number of hydrogen-bond acceptors (Lipinski definition) is 0. The largest absolute Gasteiger partial charge is 4.00 e. The predicted molar refractivity (Wildman–Crippen MR) is 112 cm³/mol. The zero-order valence-corrected chi connectivity index (χ0v) is 18.8. The van der Waals surface area contributed by atoms with Crippen LogP contribution in [0.3, 0.4) is 0 Å². The van der Waals surface area contributed by atoms with Gasteiger partial charge in [0.2, 0.25) is 0 Å². The van der Waals surface area contributed by atoms with Gasteiger partial charge in [0.25, 0.3) is 0 Å². The molecule has 0 saturated heterocycles. The zero-order chi connectivity index (χ0) is 17.8. The smallest absolute Gasteiger partial charge is 1.00 e. The molecule has 0 N–H and O–H groups in total. The molecule has 1 nitrogen and oxygen atoms in total. The van der Waals surface area contributed by atoms with Gasteiger partial charge in [0.1, 0.15) is 0 Å². The first kappa shape index (κ1) is 24.7. The van der Waals surface area contributed by atoms with Gasteiger partial charge in [-0.25, -0.2) is 12.1 Å². The van der Waals surface area contributed by atoms with E-state index in [0.29, 0.717) is 0 Å². The number of fused-ring (bicyclic) bond motifs is 2. The SMILES string of the molecule is CCC[c-]1cccc1.[F-].[F-].[Zr+4].c1ccc2[cH-]c(-n3ccc4ccccc43)cc2c1. The van der Waals surface area contributed by atoms with E-state index < -0.39 is 0 Å². The molecule has 146 valence electrons. The van der Waals surface area contributed by atoms with E-state index in [1.54, 1.807) is 0 Å². The fourth-order valence-electron chi connectivity index (χ4n) is 3.45. The van der Waals surface area contributed by atoms with Crippen molar-refractivity contribution in [1.82, 2.24) is 4.57 Å². The minimum absolute atomic E-state index is 0. The van der Waals surface area contributed by atoms with Crippen molar-refractivity contribution in [2.45, 2.75) is 19.8 Å². The Morgan fingerprint density at radius 3 is 2.17 bits per heavy atom. The fraction of sp³-hybridized carbons (Fsp3) is 0.120. The quantitative estimate of drug-likeness (QED) is 0.348. The summed E-state index contributed by atoms with van der Waals surface area (Å²) in [5, 5.41) is 3.87. The molecule has 0 unspecified atom stereocenters. The molecule has 5 aromatic rings. The van der Waals surface area contributed by atoms with Gasteiger partial charge < -0.3 is 14.0 Å². The topological polar surface area (TPSA) is 4.93 Å². The molecule has 4 aromatic carbocycles. The fourth-order valence-corrected chi connectivity index (χ4v) is 3.45. The van der Waals surface area contributed by atoms with Crippen molar-refractivity contribution < 1.29 is 35.6 Å². The van der Waals surface area contributed by atoms with E-state index >= 15 is 0 Å². The molecule has 0 aliphatic heterocycles. The summed E-state index contributed by atoms with van der Waals surface area (Å²) in [4.78, 5) is 0. The Labute approximate surface area is 189 Å². The molecular formula is C25H23F2NZr. The summed E-state index contributed by atoms with van der Waals surface area (Å²) in [6, 6.07) is 32.1. The third-order valence-electron chi connectivity index (χ3n) is 4.75. The maximum Gasteiger partial charge on any atom is 4.00 e. The first-order valence-corrected chi connectivity index (χ1v) is 9.27. The van der Waals surface area contributed by atoms with E-state index in [1.807, 2.05) is 0 Å². The molecule has 4 heteroatoms. The van der Waals surface area contributed by atoms with Crippen molar-refractivity contribution in [1.29, 1.82) is 0 Å². The summed E-state index contributed by atoms with van der Waals surface area (Å²) in [5.41, 5.74) is 3.96. The number of para-hydroxylation sites is 1. The third-order valence-corrected chi connectivity index (χ3v) is 4.75. The molecule has 0 fully saturated rings. The normalized spacial score (nSPS) is 9.69. The van der Waals surface area contributed by atoms with Crippen LogP contribution in [-0.2, 0) is 32.6 Å². The minimum Gasteiger partial charge on any atom is -1.00 e. The van der Waals surface area contributed by atoms with Crippen LogP contribution in [0.1, 0.15) is 18.9 Å². The zero-order valence-electron chi connectivity index (χ0n) is 16.4. The van der Waals surface area contributed by atoms with Gasteiger partial charge in [-0.15, -0.1) is 41.1 Å². The van der Waals surface area contributed by atoms with Gasteiger partial charge in [-0.3, -0.25) is 0 Å². The monoisotopic (exact) mass is 465 g/mol. The van der Waals surface area contributed by atoms with Crippen LogP contribution < -0.4 is 9.41 Å². The van der Waals surface area contributed by atoms with E-state index in [-0.39, 0.29) is 35.6 Å². The van der Waals surface area contributed by atoms with Crippen LogP contribution in [-0.4, -0.2) is 4.57 Å². The van der Waals surface area contributed by atoms with Gasteiger partial charge in [0.05, 0.1) is 5.52 Å². The summed E-state index contributed by atoms with van der Waals surface area (Å²) in [6.45, 7) is 2.20. The molecule has 0 spiro atoms. The van der Waals surface area contributed by atoms with E-state index in [0.717, 1.165) is 0 Å². The summed E-state index contributed by atoms with van der Waals surface area (Å²) in [7, 11) is 0. The Balaban J connectivity index is 0.000000332. The summed E-state index contributed by atoms with van der Waals surface area (Å²) < 4.78 is 2.25. The van der Waals surface area contributed by atoms with Crippen molar-refractivity contribution in [2.75, 3.05) is 0 Å². The number of nitrogens with zero attached hydrogens (tertiary/aromatic N) is 1. The molecule has 0 radical (unpaired) electrons. The third kappa shape index (κ3) is 5.61. The summed E-state index contributed by atoms with van der Waals surface area (Å²) >= 11 is 0. The second-order valence-corrected chi connectivity index (χ2v) is 6.63. The maximum atomic E-state index is 2.25. The Hall–Kier alpha value is -2.32. The molecule has 0 amide bonds. The van der Waals surface area contributed by atoms with Gasteiger partial charge in [-0.1, -0.05) is 44.0 Å². The molecule has 0 saturated carbocycles. The average Bonchev–Trinajstić information content (AvgIpc) is 3.41. The average molecular weight is 467 g/mol. The van der Waals surface area contributed by atoms with Gasteiger partial charge in [-0.2, -0.15) is 17.7 Å². The molecule has 0 bridgehead atoms. The number of benzene rings is 2. The first-order chi connectivity index (χ1) is 12.8. The van der Waals surface area contributed by atoms with E-state index in [4.69, 9.17) is 0 Å². The van der Waals surface area contributed by atoms with Crippen molar-refractivity contribution in [2.24, 2.45) is 0 Å². The molecule has 1 aromatic heterocycles. The van der Waals surface area contributed by atoms with Crippen LogP contribution in [0.4, 0.5) is 0 Å². The van der Waals surface area contributed by atoms with Gasteiger partial charge in [-0.05, 0) is 23.2 Å². The maximum absolute atomic E-state index is 2.25. The van der Waals surface area contributed by atoms with Crippen molar-refractivity contribution in [3.8, 4) is 5.69 Å². The number of aromatic nitrogens is 1. The molecule has 0 aliphatic rings. The van der Waals surface area contributed by atoms with Crippen molar-refractivity contribution >= 4 is 21.7 Å². The van der Waals surface area contributed by atoms with E-state index in [9.17, 15) is 0 Å². The molecule has 1 heterocycles. The molecule has 0 atom stereocenters. The van der Waals surface area contributed by atoms with Crippen LogP contribution in [0.25, 0.3) is 27.4 Å². The second kappa shape index (κ2) is 11.6.